The summed E-state index contributed by atoms with van der Waals surface area (Å²) in [5.74, 6) is 0.678. The molecule has 0 heterocycles. The van der Waals surface area contributed by atoms with Crippen LogP contribution in [0.2, 0.25) is 0 Å². The highest BCUT2D eigenvalue weighted by molar-refractivity contribution is 5.18. The molecule has 98 valence electrons. The third-order valence-electron chi connectivity index (χ3n) is 4.41. The molecule has 2 saturated carbocycles. The van der Waals surface area contributed by atoms with E-state index in [9.17, 15) is 9.50 Å². The SMILES string of the molecule is OC(CNCC1(C2CC2)CC1)c1ccc(F)cc1. The second-order valence-corrected chi connectivity index (χ2v) is 5.83. The predicted octanol–water partition coefficient (Wildman–Crippen LogP) is 2.64. The maximum Gasteiger partial charge on any atom is 0.123 e. The van der Waals surface area contributed by atoms with Crippen LogP contribution in [0.5, 0.6) is 0 Å². The van der Waals surface area contributed by atoms with Crippen LogP contribution < -0.4 is 5.32 Å². The summed E-state index contributed by atoms with van der Waals surface area (Å²) in [6.07, 6.45) is 4.93. The van der Waals surface area contributed by atoms with Gasteiger partial charge in [0.1, 0.15) is 5.82 Å². The molecule has 0 aromatic heterocycles. The molecule has 2 fully saturated rings. The lowest BCUT2D eigenvalue weighted by atomic mass is 10.0. The number of hydrogen-bond acceptors (Lipinski definition) is 2. The van der Waals surface area contributed by atoms with Gasteiger partial charge in [0.05, 0.1) is 6.10 Å². The molecule has 2 aliphatic carbocycles. The molecule has 2 aliphatic rings. The van der Waals surface area contributed by atoms with Crippen LogP contribution in [-0.2, 0) is 0 Å². The minimum Gasteiger partial charge on any atom is -0.387 e. The van der Waals surface area contributed by atoms with Crippen LogP contribution in [0.3, 0.4) is 0 Å². The molecule has 1 atom stereocenters. The normalized spacial score (nSPS) is 22.8. The lowest BCUT2D eigenvalue weighted by Crippen LogP contribution is -2.29. The molecule has 18 heavy (non-hydrogen) atoms. The fourth-order valence-corrected chi connectivity index (χ4v) is 2.85. The van der Waals surface area contributed by atoms with Crippen molar-refractivity contribution in [1.29, 1.82) is 0 Å². The molecule has 0 bridgehead atoms. The first-order valence-corrected chi connectivity index (χ1v) is 6.84. The molecule has 1 unspecified atom stereocenters. The van der Waals surface area contributed by atoms with Crippen LogP contribution in [0, 0.1) is 17.2 Å². The Morgan fingerprint density at radius 1 is 1.28 bits per heavy atom. The first kappa shape index (κ1) is 12.1. The minimum atomic E-state index is -0.541. The van der Waals surface area contributed by atoms with E-state index in [1.54, 1.807) is 12.1 Å². The monoisotopic (exact) mass is 249 g/mol. The lowest BCUT2D eigenvalue weighted by Gasteiger charge is -2.17. The summed E-state index contributed by atoms with van der Waals surface area (Å²) < 4.78 is 12.8. The molecule has 2 N–H and O–H groups in total. The van der Waals surface area contributed by atoms with Gasteiger partial charge in [0.15, 0.2) is 0 Å². The van der Waals surface area contributed by atoms with Crippen molar-refractivity contribution in [3.8, 4) is 0 Å². The van der Waals surface area contributed by atoms with Gasteiger partial charge in [0, 0.05) is 13.1 Å². The average Bonchev–Trinajstić information content (AvgIpc) is 3.23. The Balaban J connectivity index is 1.46. The van der Waals surface area contributed by atoms with Gasteiger partial charge in [0.2, 0.25) is 0 Å². The van der Waals surface area contributed by atoms with Gasteiger partial charge in [-0.3, -0.25) is 0 Å². The summed E-state index contributed by atoms with van der Waals surface area (Å²) in [7, 11) is 0. The van der Waals surface area contributed by atoms with Crippen LogP contribution in [0.1, 0.15) is 37.4 Å². The number of aliphatic hydroxyl groups excluding tert-OH is 1. The van der Waals surface area contributed by atoms with E-state index in [0.717, 1.165) is 18.0 Å². The maximum absolute atomic E-state index is 12.8. The summed E-state index contributed by atoms with van der Waals surface area (Å²) in [5, 5.41) is 13.4. The molecule has 3 heteroatoms. The second kappa shape index (κ2) is 4.63. The first-order valence-electron chi connectivity index (χ1n) is 6.84. The smallest absolute Gasteiger partial charge is 0.123 e. The highest BCUT2D eigenvalue weighted by Gasteiger charge is 2.53. The Morgan fingerprint density at radius 3 is 2.50 bits per heavy atom. The highest BCUT2D eigenvalue weighted by Crippen LogP contribution is 2.60. The van der Waals surface area contributed by atoms with Crippen molar-refractivity contribution in [2.45, 2.75) is 31.8 Å². The standard InChI is InChI=1S/C15H20FNO/c16-13-5-1-11(2-6-13)14(18)9-17-10-15(7-8-15)12-3-4-12/h1-2,5-6,12,14,17-18H,3-4,7-10H2. The van der Waals surface area contributed by atoms with E-state index in [2.05, 4.69) is 5.32 Å². The van der Waals surface area contributed by atoms with Crippen molar-refractivity contribution in [2.75, 3.05) is 13.1 Å². The van der Waals surface area contributed by atoms with Gasteiger partial charge in [-0.1, -0.05) is 12.1 Å². The molecule has 2 nitrogen and oxygen atoms in total. The number of rotatable bonds is 6. The van der Waals surface area contributed by atoms with Gasteiger partial charge < -0.3 is 10.4 Å². The zero-order valence-corrected chi connectivity index (χ0v) is 10.5. The van der Waals surface area contributed by atoms with E-state index < -0.39 is 6.10 Å². The molecular weight excluding hydrogens is 229 g/mol. The largest absolute Gasteiger partial charge is 0.387 e. The summed E-state index contributed by atoms with van der Waals surface area (Å²) in [6, 6.07) is 6.08. The van der Waals surface area contributed by atoms with E-state index in [4.69, 9.17) is 0 Å². The van der Waals surface area contributed by atoms with Crippen molar-refractivity contribution >= 4 is 0 Å². The lowest BCUT2D eigenvalue weighted by molar-refractivity contribution is 0.171. The van der Waals surface area contributed by atoms with E-state index in [0.29, 0.717) is 12.0 Å². The van der Waals surface area contributed by atoms with Crippen molar-refractivity contribution < 1.29 is 9.50 Å². The van der Waals surface area contributed by atoms with E-state index in [1.165, 1.54) is 37.8 Å². The predicted molar refractivity (Wildman–Crippen MR) is 68.6 cm³/mol. The van der Waals surface area contributed by atoms with E-state index in [-0.39, 0.29) is 5.82 Å². The number of hydrogen-bond donors (Lipinski definition) is 2. The third kappa shape index (κ3) is 2.57. The zero-order chi connectivity index (χ0) is 12.6. The Morgan fingerprint density at radius 2 is 1.94 bits per heavy atom. The van der Waals surface area contributed by atoms with Crippen molar-refractivity contribution in [2.24, 2.45) is 11.3 Å². The third-order valence-corrected chi connectivity index (χ3v) is 4.41. The van der Waals surface area contributed by atoms with Crippen molar-refractivity contribution in [1.82, 2.24) is 5.32 Å². The number of benzene rings is 1. The fraction of sp³-hybridized carbons (Fsp3) is 0.600. The molecule has 0 aliphatic heterocycles. The van der Waals surface area contributed by atoms with Gasteiger partial charge >= 0.3 is 0 Å². The highest BCUT2D eigenvalue weighted by atomic mass is 19.1. The quantitative estimate of drug-likeness (QED) is 0.812. The molecule has 0 radical (unpaired) electrons. The zero-order valence-electron chi connectivity index (χ0n) is 10.5. The van der Waals surface area contributed by atoms with Gasteiger partial charge in [-0.05, 0) is 54.7 Å². The summed E-state index contributed by atoms with van der Waals surface area (Å²) in [5.41, 5.74) is 1.34. The Labute approximate surface area is 107 Å². The molecular formula is C15H20FNO. The number of nitrogens with one attached hydrogen (secondary N) is 1. The molecule has 1 aromatic rings. The second-order valence-electron chi connectivity index (χ2n) is 5.83. The maximum atomic E-state index is 12.8. The van der Waals surface area contributed by atoms with Crippen LogP contribution in [0.25, 0.3) is 0 Å². The first-order chi connectivity index (χ1) is 8.70. The molecule has 0 spiro atoms. The Hall–Kier alpha value is -0.930. The molecule has 0 saturated heterocycles. The van der Waals surface area contributed by atoms with Gasteiger partial charge in [-0.25, -0.2) is 4.39 Å². The van der Waals surface area contributed by atoms with Crippen LogP contribution in [-0.4, -0.2) is 18.2 Å². The van der Waals surface area contributed by atoms with Gasteiger partial charge in [-0.2, -0.15) is 0 Å². The van der Waals surface area contributed by atoms with E-state index >= 15 is 0 Å². The van der Waals surface area contributed by atoms with Crippen LogP contribution >= 0.6 is 0 Å². The average molecular weight is 249 g/mol. The molecule has 0 amide bonds. The van der Waals surface area contributed by atoms with Crippen molar-refractivity contribution in [3.05, 3.63) is 35.6 Å². The summed E-state index contributed by atoms with van der Waals surface area (Å²) in [6.45, 7) is 1.58. The topological polar surface area (TPSA) is 32.3 Å². The van der Waals surface area contributed by atoms with E-state index in [1.807, 2.05) is 0 Å². The fourth-order valence-electron chi connectivity index (χ4n) is 2.85. The van der Waals surface area contributed by atoms with Crippen LogP contribution in [0.15, 0.2) is 24.3 Å². The number of aliphatic hydroxyl groups is 1. The van der Waals surface area contributed by atoms with Gasteiger partial charge in [0.25, 0.3) is 0 Å². The Kier molecular flexibility index (Phi) is 3.12. The Bertz CT molecular complexity index is 409. The molecule has 3 rings (SSSR count). The van der Waals surface area contributed by atoms with Crippen molar-refractivity contribution in [3.63, 3.8) is 0 Å². The summed E-state index contributed by atoms with van der Waals surface area (Å²) in [4.78, 5) is 0. The van der Waals surface area contributed by atoms with Gasteiger partial charge in [-0.15, -0.1) is 0 Å². The summed E-state index contributed by atoms with van der Waals surface area (Å²) >= 11 is 0. The minimum absolute atomic E-state index is 0.260. The van der Waals surface area contributed by atoms with Crippen LogP contribution in [0.4, 0.5) is 4.39 Å². The number of halogens is 1. The molecule has 1 aromatic carbocycles.